The van der Waals surface area contributed by atoms with E-state index in [1.54, 1.807) is 6.07 Å². The summed E-state index contributed by atoms with van der Waals surface area (Å²) in [5, 5.41) is 20.4. The first-order chi connectivity index (χ1) is 12.6. The third-order valence-corrected chi connectivity index (χ3v) is 5.65. The van der Waals surface area contributed by atoms with E-state index in [0.29, 0.717) is 63.9 Å². The number of hydrogen-bond donors (Lipinski definition) is 3. The summed E-state index contributed by atoms with van der Waals surface area (Å²) in [5.41, 5.74) is 5.36. The number of nitrogens with zero attached hydrogens (tertiary/aromatic N) is 4. The van der Waals surface area contributed by atoms with E-state index in [0.717, 1.165) is 18.9 Å². The molecule has 4 heterocycles. The number of aliphatic hydroxyl groups excluding tert-OH is 2. The number of anilines is 3. The fourth-order valence-electron chi connectivity index (χ4n) is 4.04. The van der Waals surface area contributed by atoms with Gasteiger partial charge in [-0.15, -0.1) is 0 Å². The molecule has 0 radical (unpaired) electrons. The molecule has 3 aliphatic heterocycles. The van der Waals surface area contributed by atoms with E-state index in [1.165, 1.54) is 0 Å². The maximum atomic E-state index is 10.4. The molecule has 1 aromatic heterocycles. The second-order valence-corrected chi connectivity index (χ2v) is 7.25. The third-order valence-electron chi connectivity index (χ3n) is 5.65. The molecular weight excluding hydrogens is 338 g/mol. The van der Waals surface area contributed by atoms with Gasteiger partial charge in [0.05, 0.1) is 31.5 Å². The standard InChI is InChI=1S/C17H27N5O4/c18-13-11-14(20-16(19-13)22-6-9-25-10-7-22)21-4-2-17(3-5-21)15(24)12(23)1-8-26-17/h11-12,15,23-24H,1-10H2,(H2,18,19,20)/t12-,15-/m0/s1. The van der Waals surface area contributed by atoms with Gasteiger partial charge >= 0.3 is 0 Å². The van der Waals surface area contributed by atoms with Crippen LogP contribution in [0.2, 0.25) is 0 Å². The molecule has 1 aromatic rings. The van der Waals surface area contributed by atoms with Crippen molar-refractivity contribution in [2.45, 2.75) is 37.1 Å². The van der Waals surface area contributed by atoms with Crippen molar-refractivity contribution in [3.05, 3.63) is 6.07 Å². The number of rotatable bonds is 2. The second-order valence-electron chi connectivity index (χ2n) is 7.25. The summed E-state index contributed by atoms with van der Waals surface area (Å²) < 4.78 is 11.3. The number of ether oxygens (including phenoxy) is 2. The van der Waals surface area contributed by atoms with Crippen LogP contribution in [0.15, 0.2) is 6.07 Å². The first-order valence-electron chi connectivity index (χ1n) is 9.30. The number of hydrogen-bond acceptors (Lipinski definition) is 9. The lowest BCUT2D eigenvalue weighted by Crippen LogP contribution is -2.60. The van der Waals surface area contributed by atoms with Crippen molar-refractivity contribution >= 4 is 17.6 Å². The quantitative estimate of drug-likeness (QED) is 0.630. The van der Waals surface area contributed by atoms with E-state index in [2.05, 4.69) is 14.8 Å². The van der Waals surface area contributed by atoms with Gasteiger partial charge in [-0.25, -0.2) is 0 Å². The molecule has 0 saturated carbocycles. The van der Waals surface area contributed by atoms with Gasteiger partial charge in [-0.2, -0.15) is 9.97 Å². The van der Waals surface area contributed by atoms with Gasteiger partial charge in [0.1, 0.15) is 17.7 Å². The predicted octanol–water partition coefficient (Wildman–Crippen LogP) is -0.623. The van der Waals surface area contributed by atoms with Gasteiger partial charge < -0.3 is 35.2 Å². The van der Waals surface area contributed by atoms with Crippen LogP contribution in [0.3, 0.4) is 0 Å². The second kappa shape index (κ2) is 7.15. The average molecular weight is 365 g/mol. The van der Waals surface area contributed by atoms with Crippen molar-refractivity contribution in [2.24, 2.45) is 0 Å². The number of piperidine rings is 1. The van der Waals surface area contributed by atoms with Gasteiger partial charge in [-0.1, -0.05) is 0 Å². The van der Waals surface area contributed by atoms with Crippen LogP contribution in [0.25, 0.3) is 0 Å². The van der Waals surface area contributed by atoms with Gasteiger partial charge in [0.15, 0.2) is 0 Å². The highest BCUT2D eigenvalue weighted by atomic mass is 16.5. The van der Waals surface area contributed by atoms with Crippen molar-refractivity contribution < 1.29 is 19.7 Å². The van der Waals surface area contributed by atoms with E-state index in [-0.39, 0.29) is 0 Å². The van der Waals surface area contributed by atoms with Gasteiger partial charge in [-0.05, 0) is 19.3 Å². The van der Waals surface area contributed by atoms with Gasteiger partial charge in [0, 0.05) is 32.2 Å². The molecule has 2 atom stereocenters. The van der Waals surface area contributed by atoms with Gasteiger partial charge in [-0.3, -0.25) is 0 Å². The number of nitrogen functional groups attached to an aromatic ring is 1. The molecule has 0 aromatic carbocycles. The van der Waals surface area contributed by atoms with Crippen LogP contribution < -0.4 is 15.5 Å². The lowest BCUT2D eigenvalue weighted by molar-refractivity contribution is -0.205. The Morgan fingerprint density at radius 1 is 1.04 bits per heavy atom. The maximum Gasteiger partial charge on any atom is 0.229 e. The Balaban J connectivity index is 1.48. The van der Waals surface area contributed by atoms with E-state index in [4.69, 9.17) is 20.2 Å². The van der Waals surface area contributed by atoms with Crippen LogP contribution >= 0.6 is 0 Å². The van der Waals surface area contributed by atoms with E-state index in [9.17, 15) is 10.2 Å². The molecule has 9 heteroatoms. The summed E-state index contributed by atoms with van der Waals surface area (Å²) in [6.45, 7) is 4.69. The minimum absolute atomic E-state index is 0.446. The average Bonchev–Trinajstić information content (AvgIpc) is 2.67. The summed E-state index contributed by atoms with van der Waals surface area (Å²) in [7, 11) is 0. The molecule has 3 saturated heterocycles. The first kappa shape index (κ1) is 17.7. The molecule has 0 amide bonds. The summed E-state index contributed by atoms with van der Waals surface area (Å²) in [4.78, 5) is 13.3. The molecule has 3 aliphatic rings. The summed E-state index contributed by atoms with van der Waals surface area (Å²) >= 11 is 0. The van der Waals surface area contributed by atoms with Crippen LogP contribution in [0, 0.1) is 0 Å². The van der Waals surface area contributed by atoms with Gasteiger partial charge in [0.25, 0.3) is 0 Å². The van der Waals surface area contributed by atoms with Crippen LogP contribution in [-0.4, -0.2) is 84.0 Å². The molecule has 144 valence electrons. The van der Waals surface area contributed by atoms with Crippen molar-refractivity contribution in [1.29, 1.82) is 0 Å². The molecule has 9 nitrogen and oxygen atoms in total. The molecule has 3 fully saturated rings. The van der Waals surface area contributed by atoms with E-state index < -0.39 is 17.8 Å². The maximum absolute atomic E-state index is 10.4. The molecule has 1 spiro atoms. The lowest BCUT2D eigenvalue weighted by atomic mass is 9.80. The number of morpholine rings is 1. The topological polar surface area (TPSA) is 117 Å². The van der Waals surface area contributed by atoms with Crippen molar-refractivity contribution in [3.8, 4) is 0 Å². The minimum Gasteiger partial charge on any atom is -0.390 e. The SMILES string of the molecule is Nc1cc(N2CCC3(CC2)OCC[C@H](O)[C@@H]3O)nc(N2CCOCC2)n1. The van der Waals surface area contributed by atoms with Crippen LogP contribution in [-0.2, 0) is 9.47 Å². The Morgan fingerprint density at radius 2 is 1.77 bits per heavy atom. The largest absolute Gasteiger partial charge is 0.390 e. The molecule has 4 rings (SSSR count). The fourth-order valence-corrected chi connectivity index (χ4v) is 4.04. The zero-order valence-electron chi connectivity index (χ0n) is 14.9. The predicted molar refractivity (Wildman–Crippen MR) is 96.2 cm³/mol. The fraction of sp³-hybridized carbons (Fsp3) is 0.765. The van der Waals surface area contributed by atoms with Crippen molar-refractivity contribution in [2.75, 3.05) is 61.5 Å². The highest BCUT2D eigenvalue weighted by molar-refractivity contribution is 5.53. The zero-order valence-corrected chi connectivity index (χ0v) is 14.9. The monoisotopic (exact) mass is 365 g/mol. The molecular formula is C17H27N5O4. The summed E-state index contributed by atoms with van der Waals surface area (Å²) in [6.07, 6.45) is 0.220. The van der Waals surface area contributed by atoms with Crippen LogP contribution in [0.4, 0.5) is 17.6 Å². The number of aromatic nitrogens is 2. The van der Waals surface area contributed by atoms with Crippen molar-refractivity contribution in [1.82, 2.24) is 9.97 Å². The Labute approximate surface area is 152 Å². The molecule has 26 heavy (non-hydrogen) atoms. The normalized spacial score (nSPS) is 29.2. The zero-order chi connectivity index (χ0) is 18.1. The minimum atomic E-state index is -0.835. The number of nitrogens with two attached hydrogens (primary N) is 1. The van der Waals surface area contributed by atoms with Gasteiger partial charge in [0.2, 0.25) is 5.95 Å². The number of aliphatic hydroxyl groups is 2. The van der Waals surface area contributed by atoms with E-state index in [1.807, 2.05) is 0 Å². The lowest BCUT2D eigenvalue weighted by Gasteiger charge is -2.48. The molecule has 4 N–H and O–H groups in total. The highest BCUT2D eigenvalue weighted by Crippen LogP contribution is 2.36. The van der Waals surface area contributed by atoms with Crippen LogP contribution in [0.5, 0.6) is 0 Å². The highest BCUT2D eigenvalue weighted by Gasteiger charge is 2.47. The molecule has 0 unspecified atom stereocenters. The Bertz CT molecular complexity index is 632. The Kier molecular flexibility index (Phi) is 4.87. The van der Waals surface area contributed by atoms with Crippen LogP contribution in [0.1, 0.15) is 19.3 Å². The third kappa shape index (κ3) is 3.32. The Hall–Kier alpha value is -1.68. The van der Waals surface area contributed by atoms with E-state index >= 15 is 0 Å². The smallest absolute Gasteiger partial charge is 0.229 e. The molecule has 0 bridgehead atoms. The summed E-state index contributed by atoms with van der Waals surface area (Å²) in [5.74, 6) is 1.87. The van der Waals surface area contributed by atoms with Crippen molar-refractivity contribution in [3.63, 3.8) is 0 Å². The first-order valence-corrected chi connectivity index (χ1v) is 9.30. The summed E-state index contributed by atoms with van der Waals surface area (Å²) in [6, 6.07) is 1.79. The molecule has 0 aliphatic carbocycles. The Morgan fingerprint density at radius 3 is 2.50 bits per heavy atom.